The van der Waals surface area contributed by atoms with E-state index in [1.807, 2.05) is 13.8 Å². The third-order valence-corrected chi connectivity index (χ3v) is 5.19. The highest BCUT2D eigenvalue weighted by atomic mass is 16.2. The molecule has 1 saturated heterocycles. The zero-order valence-electron chi connectivity index (χ0n) is 17.4. The number of benzene rings is 1. The third-order valence-electron chi connectivity index (χ3n) is 5.19. The molecule has 1 aromatic rings. The van der Waals surface area contributed by atoms with Crippen molar-refractivity contribution in [2.45, 2.75) is 26.7 Å². The molecule has 0 atom stereocenters. The number of nitrogens with one attached hydrogen (secondary N) is 1. The van der Waals surface area contributed by atoms with Gasteiger partial charge in [0.1, 0.15) is 0 Å². The number of piperidine rings is 1. The molecule has 1 aliphatic heterocycles. The van der Waals surface area contributed by atoms with Crippen molar-refractivity contribution < 1.29 is 14.4 Å². The zero-order chi connectivity index (χ0) is 20.7. The normalized spacial score (nSPS) is 15.1. The highest BCUT2D eigenvalue weighted by Gasteiger charge is 2.26. The Hall–Kier alpha value is -2.41. The fourth-order valence-electron chi connectivity index (χ4n) is 3.53. The van der Waals surface area contributed by atoms with E-state index in [4.69, 9.17) is 0 Å². The summed E-state index contributed by atoms with van der Waals surface area (Å²) < 4.78 is 0. The average molecular weight is 389 g/mol. The maximum atomic E-state index is 12.5. The number of hydrogen-bond acceptors (Lipinski definition) is 4. The summed E-state index contributed by atoms with van der Waals surface area (Å²) in [6.45, 7) is 6.95. The van der Waals surface area contributed by atoms with Gasteiger partial charge in [-0.2, -0.15) is 0 Å². The molecule has 0 unspecified atom stereocenters. The van der Waals surface area contributed by atoms with Crippen LogP contribution in [0.4, 0.5) is 5.69 Å². The summed E-state index contributed by atoms with van der Waals surface area (Å²) in [4.78, 5) is 42.4. The Balaban J connectivity index is 1.88. The lowest BCUT2D eigenvalue weighted by Gasteiger charge is -2.31. The van der Waals surface area contributed by atoms with Crippen LogP contribution in [0, 0.1) is 5.92 Å². The van der Waals surface area contributed by atoms with Gasteiger partial charge in [-0.1, -0.05) is 6.07 Å². The van der Waals surface area contributed by atoms with Crippen LogP contribution in [0.1, 0.15) is 37.0 Å². The number of nitrogens with zero attached hydrogens (tertiary/aromatic N) is 3. The molecule has 3 amide bonds. The van der Waals surface area contributed by atoms with Crippen molar-refractivity contribution in [1.29, 1.82) is 0 Å². The average Bonchev–Trinajstić information content (AvgIpc) is 2.69. The molecule has 7 nitrogen and oxygen atoms in total. The molecule has 154 valence electrons. The summed E-state index contributed by atoms with van der Waals surface area (Å²) in [6, 6.07) is 7.06. The fraction of sp³-hybridized carbons (Fsp3) is 0.571. The van der Waals surface area contributed by atoms with Crippen molar-refractivity contribution in [3.8, 4) is 0 Å². The van der Waals surface area contributed by atoms with Crippen molar-refractivity contribution in [3.63, 3.8) is 0 Å². The van der Waals surface area contributed by atoms with Crippen LogP contribution in [-0.4, -0.2) is 79.2 Å². The molecule has 7 heteroatoms. The number of carbonyl (C=O) groups is 3. The smallest absolute Gasteiger partial charge is 0.253 e. The van der Waals surface area contributed by atoms with Gasteiger partial charge in [0.25, 0.3) is 5.91 Å². The second-order valence-electron chi connectivity index (χ2n) is 7.39. The molecule has 2 rings (SSSR count). The highest BCUT2D eigenvalue weighted by molar-refractivity contribution is 5.97. The summed E-state index contributed by atoms with van der Waals surface area (Å²) in [5.41, 5.74) is 1.20. The topological polar surface area (TPSA) is 73.0 Å². The van der Waals surface area contributed by atoms with E-state index in [1.54, 1.807) is 48.2 Å². The Morgan fingerprint density at radius 2 is 1.75 bits per heavy atom. The number of rotatable bonds is 7. The maximum absolute atomic E-state index is 12.5. The highest BCUT2D eigenvalue weighted by Crippen LogP contribution is 2.19. The largest absolute Gasteiger partial charge is 0.349 e. The first-order chi connectivity index (χ1) is 13.3. The summed E-state index contributed by atoms with van der Waals surface area (Å²) in [5, 5.41) is 2.89. The van der Waals surface area contributed by atoms with Crippen LogP contribution in [-0.2, 0) is 9.59 Å². The van der Waals surface area contributed by atoms with Crippen LogP contribution in [0.2, 0.25) is 0 Å². The van der Waals surface area contributed by atoms with Gasteiger partial charge in [-0.05, 0) is 58.0 Å². The van der Waals surface area contributed by atoms with Gasteiger partial charge in [-0.15, -0.1) is 0 Å². The minimum atomic E-state index is -0.107. The summed E-state index contributed by atoms with van der Waals surface area (Å²) in [5.74, 6) is 0.0782. The van der Waals surface area contributed by atoms with Crippen molar-refractivity contribution in [1.82, 2.24) is 14.7 Å². The Morgan fingerprint density at radius 3 is 2.32 bits per heavy atom. The van der Waals surface area contributed by atoms with E-state index in [2.05, 4.69) is 10.2 Å². The quantitative estimate of drug-likeness (QED) is 0.774. The van der Waals surface area contributed by atoms with Gasteiger partial charge in [-0.25, -0.2) is 0 Å². The van der Waals surface area contributed by atoms with Crippen molar-refractivity contribution in [3.05, 3.63) is 29.8 Å². The van der Waals surface area contributed by atoms with Crippen LogP contribution >= 0.6 is 0 Å². The summed E-state index contributed by atoms with van der Waals surface area (Å²) in [6.07, 6.45) is 1.55. The lowest BCUT2D eigenvalue weighted by molar-refractivity contribution is -0.134. The first-order valence-corrected chi connectivity index (χ1v) is 9.98. The van der Waals surface area contributed by atoms with Gasteiger partial charge in [0.15, 0.2) is 0 Å². The van der Waals surface area contributed by atoms with Crippen molar-refractivity contribution in [2.24, 2.45) is 5.92 Å². The number of hydrogen-bond donors (Lipinski definition) is 1. The van der Waals surface area contributed by atoms with Crippen LogP contribution < -0.4 is 5.32 Å². The molecule has 1 aromatic carbocycles. The molecule has 0 aromatic heterocycles. The minimum absolute atomic E-state index is 0.0336. The molecule has 0 saturated carbocycles. The van der Waals surface area contributed by atoms with Gasteiger partial charge in [0.2, 0.25) is 11.8 Å². The minimum Gasteiger partial charge on any atom is -0.349 e. The molecule has 0 spiro atoms. The summed E-state index contributed by atoms with van der Waals surface area (Å²) in [7, 11) is 3.56. The van der Waals surface area contributed by atoms with Crippen molar-refractivity contribution in [2.75, 3.05) is 52.1 Å². The molecule has 0 aliphatic carbocycles. The standard InChI is InChI=1S/C21H32N4O3/c1-5-25(6-2)21(28)17-8-7-9-18(14-17)22-19(26)15-24-12-10-16(11-13-24)20(27)23(3)4/h7-9,14,16H,5-6,10-13,15H2,1-4H3,(H,22,26). The van der Waals surface area contributed by atoms with Gasteiger partial charge in [0.05, 0.1) is 6.54 Å². The number of anilines is 1. The molecule has 28 heavy (non-hydrogen) atoms. The first kappa shape index (κ1) is 21.9. The zero-order valence-corrected chi connectivity index (χ0v) is 17.4. The van der Waals surface area contributed by atoms with Crippen LogP contribution in [0.25, 0.3) is 0 Å². The van der Waals surface area contributed by atoms with Crippen molar-refractivity contribution >= 4 is 23.4 Å². The van der Waals surface area contributed by atoms with E-state index in [9.17, 15) is 14.4 Å². The fourth-order valence-corrected chi connectivity index (χ4v) is 3.53. The number of likely N-dealkylation sites (tertiary alicyclic amines) is 1. The van der Waals surface area contributed by atoms with Gasteiger partial charge in [0, 0.05) is 44.4 Å². The van der Waals surface area contributed by atoms with Gasteiger partial charge < -0.3 is 15.1 Å². The number of amides is 3. The molecule has 1 heterocycles. The molecule has 1 aliphatic rings. The second-order valence-corrected chi connectivity index (χ2v) is 7.39. The Kier molecular flexibility index (Phi) is 7.99. The van der Waals surface area contributed by atoms with E-state index in [0.717, 1.165) is 25.9 Å². The Bertz CT molecular complexity index is 693. The lowest BCUT2D eigenvalue weighted by Crippen LogP contribution is -2.43. The molecule has 1 fully saturated rings. The molecule has 1 N–H and O–H groups in total. The van der Waals surface area contributed by atoms with E-state index >= 15 is 0 Å². The second kappa shape index (κ2) is 10.2. The Labute approximate surface area is 167 Å². The van der Waals surface area contributed by atoms with E-state index in [1.165, 1.54) is 0 Å². The first-order valence-electron chi connectivity index (χ1n) is 9.98. The molecular weight excluding hydrogens is 356 g/mol. The van der Waals surface area contributed by atoms with Gasteiger partial charge >= 0.3 is 0 Å². The monoisotopic (exact) mass is 388 g/mol. The van der Waals surface area contributed by atoms with Gasteiger partial charge in [-0.3, -0.25) is 19.3 Å². The third kappa shape index (κ3) is 5.79. The Morgan fingerprint density at radius 1 is 1.11 bits per heavy atom. The molecule has 0 bridgehead atoms. The summed E-state index contributed by atoms with van der Waals surface area (Å²) >= 11 is 0. The van der Waals surface area contributed by atoms with Crippen LogP contribution in [0.3, 0.4) is 0 Å². The van der Waals surface area contributed by atoms with E-state index in [0.29, 0.717) is 24.3 Å². The van der Waals surface area contributed by atoms with E-state index in [-0.39, 0.29) is 30.2 Å². The predicted octanol–water partition coefficient (Wildman–Crippen LogP) is 1.91. The lowest BCUT2D eigenvalue weighted by atomic mass is 9.95. The molecule has 0 radical (unpaired) electrons. The van der Waals surface area contributed by atoms with Crippen LogP contribution in [0.15, 0.2) is 24.3 Å². The predicted molar refractivity (Wildman–Crippen MR) is 110 cm³/mol. The van der Waals surface area contributed by atoms with E-state index < -0.39 is 0 Å². The maximum Gasteiger partial charge on any atom is 0.253 e. The molecular formula is C21H32N4O3. The SMILES string of the molecule is CCN(CC)C(=O)c1cccc(NC(=O)CN2CCC(C(=O)N(C)C)CC2)c1. The van der Waals surface area contributed by atoms with Crippen LogP contribution in [0.5, 0.6) is 0 Å². The number of carbonyl (C=O) groups excluding carboxylic acids is 3.